The van der Waals surface area contributed by atoms with E-state index >= 15 is 0 Å². The molecule has 1 aliphatic carbocycles. The lowest BCUT2D eigenvalue weighted by atomic mass is 9.87. The van der Waals surface area contributed by atoms with Crippen LogP contribution in [-0.4, -0.2) is 12.1 Å². The van der Waals surface area contributed by atoms with Crippen LogP contribution in [0.4, 0.5) is 5.69 Å². The van der Waals surface area contributed by atoms with Gasteiger partial charge in [-0.3, -0.25) is 0 Å². The van der Waals surface area contributed by atoms with E-state index in [1.807, 2.05) is 26.0 Å². The molecule has 0 saturated heterocycles. The molecule has 1 aromatic rings. The minimum absolute atomic E-state index is 0.149. The summed E-state index contributed by atoms with van der Waals surface area (Å²) in [5, 5.41) is 4.28. The van der Waals surface area contributed by atoms with Gasteiger partial charge in [-0.15, -0.1) is 0 Å². The third-order valence-electron chi connectivity index (χ3n) is 3.60. The maximum Gasteiger partial charge on any atom is 0.138 e. The third-order valence-corrected chi connectivity index (χ3v) is 3.90. The molecule has 1 fully saturated rings. The van der Waals surface area contributed by atoms with Crippen LogP contribution in [0, 0.1) is 5.92 Å². The molecule has 2 unspecified atom stereocenters. The van der Waals surface area contributed by atoms with Crippen LogP contribution in [0.15, 0.2) is 18.2 Å². The van der Waals surface area contributed by atoms with Crippen LogP contribution in [-0.2, 0) is 0 Å². The first-order chi connectivity index (χ1) is 9.04. The lowest BCUT2D eigenvalue weighted by Crippen LogP contribution is -2.26. The molecule has 19 heavy (non-hydrogen) atoms. The second-order valence-electron chi connectivity index (χ2n) is 5.92. The van der Waals surface area contributed by atoms with Gasteiger partial charge in [-0.05, 0) is 50.8 Å². The molecule has 0 amide bonds. The van der Waals surface area contributed by atoms with Crippen molar-refractivity contribution in [3.63, 3.8) is 0 Å². The maximum atomic E-state index is 6.25. The molecule has 0 aromatic heterocycles. The molecule has 2 nitrogen and oxygen atoms in total. The average molecular weight is 282 g/mol. The second kappa shape index (κ2) is 6.51. The van der Waals surface area contributed by atoms with Crippen molar-refractivity contribution in [2.45, 2.75) is 58.6 Å². The number of halogens is 1. The molecular formula is C16H24ClNO. The van der Waals surface area contributed by atoms with Crippen LogP contribution in [0.2, 0.25) is 5.02 Å². The van der Waals surface area contributed by atoms with Crippen LogP contribution in [0.25, 0.3) is 0 Å². The van der Waals surface area contributed by atoms with E-state index in [-0.39, 0.29) is 6.10 Å². The first-order valence-corrected chi connectivity index (χ1v) is 7.65. The Hall–Kier alpha value is -0.890. The first kappa shape index (κ1) is 14.5. The Morgan fingerprint density at radius 3 is 2.74 bits per heavy atom. The fourth-order valence-corrected chi connectivity index (χ4v) is 2.97. The fraction of sp³-hybridized carbons (Fsp3) is 0.625. The highest BCUT2D eigenvalue weighted by atomic mass is 35.5. The molecule has 2 rings (SSSR count). The maximum absolute atomic E-state index is 6.25. The quantitative estimate of drug-likeness (QED) is 0.827. The van der Waals surface area contributed by atoms with E-state index in [1.54, 1.807) is 0 Å². The molecule has 0 radical (unpaired) electrons. The van der Waals surface area contributed by atoms with Crippen LogP contribution < -0.4 is 10.1 Å². The molecule has 2 atom stereocenters. The summed E-state index contributed by atoms with van der Waals surface area (Å²) in [6.45, 7) is 6.35. The summed E-state index contributed by atoms with van der Waals surface area (Å²) in [7, 11) is 0. The smallest absolute Gasteiger partial charge is 0.138 e. The lowest BCUT2D eigenvalue weighted by Gasteiger charge is -2.28. The molecule has 106 valence electrons. The average Bonchev–Trinajstić information content (AvgIpc) is 2.32. The molecule has 1 saturated carbocycles. The van der Waals surface area contributed by atoms with Crippen molar-refractivity contribution in [3.05, 3.63) is 23.2 Å². The van der Waals surface area contributed by atoms with E-state index < -0.39 is 0 Å². The second-order valence-corrected chi connectivity index (χ2v) is 6.33. The number of hydrogen-bond donors (Lipinski definition) is 1. The Labute approximate surface area is 121 Å². The fourth-order valence-electron chi connectivity index (χ4n) is 2.74. The zero-order chi connectivity index (χ0) is 13.8. The largest absolute Gasteiger partial charge is 0.489 e. The van der Waals surface area contributed by atoms with Gasteiger partial charge in [0.1, 0.15) is 5.75 Å². The number of ether oxygens (including phenoxy) is 1. The van der Waals surface area contributed by atoms with Crippen molar-refractivity contribution in [2.75, 3.05) is 5.32 Å². The molecule has 0 heterocycles. The van der Waals surface area contributed by atoms with Gasteiger partial charge in [0.05, 0.1) is 11.1 Å². The topological polar surface area (TPSA) is 21.3 Å². The standard InChI is InChI=1S/C16H24ClNO/c1-11(2)19-16-8-7-14(10-15(16)17)18-13-6-4-5-12(3)9-13/h7-8,10-13,18H,4-6,9H2,1-3H3. The molecule has 0 bridgehead atoms. The van der Waals surface area contributed by atoms with Gasteiger partial charge in [-0.2, -0.15) is 0 Å². The Morgan fingerprint density at radius 1 is 1.32 bits per heavy atom. The van der Waals surface area contributed by atoms with E-state index in [9.17, 15) is 0 Å². The zero-order valence-corrected chi connectivity index (χ0v) is 12.8. The Morgan fingerprint density at radius 2 is 2.11 bits per heavy atom. The lowest BCUT2D eigenvalue weighted by molar-refractivity contribution is 0.242. The van der Waals surface area contributed by atoms with Crippen LogP contribution in [0.1, 0.15) is 46.5 Å². The molecule has 3 heteroatoms. The van der Waals surface area contributed by atoms with Gasteiger partial charge >= 0.3 is 0 Å². The summed E-state index contributed by atoms with van der Waals surface area (Å²) in [6.07, 6.45) is 5.34. The summed E-state index contributed by atoms with van der Waals surface area (Å²) in [5.74, 6) is 1.59. The normalized spacial score (nSPS) is 23.4. The summed E-state index contributed by atoms with van der Waals surface area (Å²) in [5.41, 5.74) is 1.10. The van der Waals surface area contributed by atoms with Gasteiger partial charge in [-0.1, -0.05) is 31.4 Å². The zero-order valence-electron chi connectivity index (χ0n) is 12.1. The molecule has 1 N–H and O–H groups in total. The minimum Gasteiger partial charge on any atom is -0.489 e. The number of anilines is 1. The number of benzene rings is 1. The van der Waals surface area contributed by atoms with Crippen LogP contribution in [0.3, 0.4) is 0 Å². The van der Waals surface area contributed by atoms with E-state index in [0.717, 1.165) is 17.4 Å². The molecule has 0 aliphatic heterocycles. The van der Waals surface area contributed by atoms with Gasteiger partial charge in [0, 0.05) is 11.7 Å². The van der Waals surface area contributed by atoms with Crippen molar-refractivity contribution in [1.29, 1.82) is 0 Å². The molecule has 0 spiro atoms. The van der Waals surface area contributed by atoms with Gasteiger partial charge in [-0.25, -0.2) is 0 Å². The predicted octanol–water partition coefficient (Wildman–Crippen LogP) is 5.12. The number of hydrogen-bond acceptors (Lipinski definition) is 2. The molecular weight excluding hydrogens is 258 g/mol. The SMILES string of the molecule is CC1CCCC(Nc2ccc(OC(C)C)c(Cl)c2)C1. The minimum atomic E-state index is 0.149. The van der Waals surface area contributed by atoms with E-state index in [4.69, 9.17) is 16.3 Å². The number of nitrogens with one attached hydrogen (secondary N) is 1. The molecule has 1 aliphatic rings. The van der Waals surface area contributed by atoms with Gasteiger partial charge in [0.2, 0.25) is 0 Å². The highest BCUT2D eigenvalue weighted by Gasteiger charge is 2.18. The highest BCUT2D eigenvalue weighted by Crippen LogP contribution is 2.31. The van der Waals surface area contributed by atoms with Gasteiger partial charge < -0.3 is 10.1 Å². The van der Waals surface area contributed by atoms with Crippen molar-refractivity contribution in [3.8, 4) is 5.75 Å². The Bertz CT molecular complexity index is 419. The van der Waals surface area contributed by atoms with Gasteiger partial charge in [0.15, 0.2) is 0 Å². The third kappa shape index (κ3) is 4.31. The van der Waals surface area contributed by atoms with Crippen LogP contribution >= 0.6 is 11.6 Å². The Kier molecular flexibility index (Phi) is 4.98. The van der Waals surface area contributed by atoms with Crippen molar-refractivity contribution in [1.82, 2.24) is 0 Å². The Balaban J connectivity index is 1.99. The summed E-state index contributed by atoms with van der Waals surface area (Å²) < 4.78 is 5.65. The summed E-state index contributed by atoms with van der Waals surface area (Å²) >= 11 is 6.25. The van der Waals surface area contributed by atoms with Crippen molar-refractivity contribution >= 4 is 17.3 Å². The van der Waals surface area contributed by atoms with Crippen LogP contribution in [0.5, 0.6) is 5.75 Å². The monoisotopic (exact) mass is 281 g/mol. The van der Waals surface area contributed by atoms with E-state index in [1.165, 1.54) is 25.7 Å². The van der Waals surface area contributed by atoms with E-state index in [0.29, 0.717) is 11.1 Å². The first-order valence-electron chi connectivity index (χ1n) is 7.27. The number of rotatable bonds is 4. The van der Waals surface area contributed by atoms with Crippen molar-refractivity contribution < 1.29 is 4.74 Å². The van der Waals surface area contributed by atoms with E-state index in [2.05, 4.69) is 18.3 Å². The molecule has 1 aromatic carbocycles. The highest BCUT2D eigenvalue weighted by molar-refractivity contribution is 6.32. The van der Waals surface area contributed by atoms with Gasteiger partial charge in [0.25, 0.3) is 0 Å². The van der Waals surface area contributed by atoms with Crippen molar-refractivity contribution in [2.24, 2.45) is 5.92 Å². The summed E-state index contributed by atoms with van der Waals surface area (Å²) in [4.78, 5) is 0. The predicted molar refractivity (Wildman–Crippen MR) is 82.3 cm³/mol. The summed E-state index contributed by atoms with van der Waals surface area (Å²) in [6, 6.07) is 6.56.